The van der Waals surface area contributed by atoms with Crippen molar-refractivity contribution < 1.29 is 9.59 Å². The Kier molecular flexibility index (Phi) is 5.17. The highest BCUT2D eigenvalue weighted by Crippen LogP contribution is 2.21. The lowest BCUT2D eigenvalue weighted by Gasteiger charge is -2.35. The number of rotatable bonds is 4. The number of carbonyl (C=O) groups is 2. The van der Waals surface area contributed by atoms with Crippen molar-refractivity contribution in [1.29, 1.82) is 0 Å². The molecule has 1 aromatic heterocycles. The Labute approximate surface area is 124 Å². The summed E-state index contributed by atoms with van der Waals surface area (Å²) in [5.74, 6) is 1.20. The van der Waals surface area contributed by atoms with Crippen LogP contribution in [0.15, 0.2) is 17.5 Å². The molecule has 1 aliphatic heterocycles. The molecule has 1 saturated heterocycles. The molecule has 2 rings (SSSR count). The van der Waals surface area contributed by atoms with Gasteiger partial charge < -0.3 is 10.2 Å². The number of piperidine rings is 1. The maximum atomic E-state index is 12.1. The lowest BCUT2D eigenvalue weighted by Crippen LogP contribution is -2.43. The van der Waals surface area contributed by atoms with Crippen LogP contribution in [0.1, 0.15) is 36.4 Å². The molecule has 5 heteroatoms. The van der Waals surface area contributed by atoms with Crippen LogP contribution in [0.4, 0.5) is 0 Å². The maximum absolute atomic E-state index is 12.1. The molecular formula is C15H22N2O2S. The molecule has 2 heterocycles. The van der Waals surface area contributed by atoms with E-state index in [1.807, 2.05) is 16.3 Å². The summed E-state index contributed by atoms with van der Waals surface area (Å²) in [4.78, 5) is 26.5. The topological polar surface area (TPSA) is 49.4 Å². The van der Waals surface area contributed by atoms with Gasteiger partial charge in [0.15, 0.2) is 0 Å². The van der Waals surface area contributed by atoms with Crippen molar-refractivity contribution in [2.45, 2.75) is 26.7 Å². The second-order valence-electron chi connectivity index (χ2n) is 5.73. The van der Waals surface area contributed by atoms with Gasteiger partial charge in [0.2, 0.25) is 5.91 Å². The lowest BCUT2D eigenvalue weighted by molar-refractivity contribution is -0.133. The van der Waals surface area contributed by atoms with E-state index in [9.17, 15) is 9.59 Å². The predicted octanol–water partition coefficient (Wildman–Crippen LogP) is 2.37. The predicted molar refractivity (Wildman–Crippen MR) is 80.8 cm³/mol. The van der Waals surface area contributed by atoms with Crippen molar-refractivity contribution in [2.24, 2.45) is 11.8 Å². The van der Waals surface area contributed by atoms with E-state index in [1.54, 1.807) is 6.07 Å². The van der Waals surface area contributed by atoms with Crippen LogP contribution >= 0.6 is 11.3 Å². The molecule has 0 radical (unpaired) electrons. The Morgan fingerprint density at radius 1 is 1.35 bits per heavy atom. The van der Waals surface area contributed by atoms with E-state index in [0.29, 0.717) is 29.7 Å². The van der Waals surface area contributed by atoms with Gasteiger partial charge in [-0.2, -0.15) is 0 Å². The minimum atomic E-state index is -0.0896. The smallest absolute Gasteiger partial charge is 0.261 e. The molecule has 0 bridgehead atoms. The summed E-state index contributed by atoms with van der Waals surface area (Å²) in [6.45, 7) is 6.49. The monoisotopic (exact) mass is 294 g/mol. The highest BCUT2D eigenvalue weighted by molar-refractivity contribution is 7.12. The fraction of sp³-hybridized carbons (Fsp3) is 0.600. The standard InChI is InChI=1S/C15H22N2O2S/c1-11-8-12(2)10-17(9-11)14(18)5-6-16-15(19)13-4-3-7-20-13/h3-4,7,11-12H,5-6,8-10H2,1-2H3,(H,16,19)/t11-,12-/m0/s1. The normalized spacial score (nSPS) is 22.6. The zero-order valence-corrected chi connectivity index (χ0v) is 12.9. The van der Waals surface area contributed by atoms with Crippen molar-refractivity contribution in [3.05, 3.63) is 22.4 Å². The number of hydrogen-bond acceptors (Lipinski definition) is 3. The van der Waals surface area contributed by atoms with E-state index >= 15 is 0 Å². The molecule has 0 saturated carbocycles. The third-order valence-corrected chi connectivity index (χ3v) is 4.46. The van der Waals surface area contributed by atoms with Gasteiger partial charge in [-0.15, -0.1) is 11.3 Å². The van der Waals surface area contributed by atoms with Crippen molar-refractivity contribution >= 4 is 23.2 Å². The maximum Gasteiger partial charge on any atom is 0.261 e. The lowest BCUT2D eigenvalue weighted by atomic mass is 9.92. The zero-order valence-electron chi connectivity index (χ0n) is 12.1. The Hall–Kier alpha value is -1.36. The first kappa shape index (κ1) is 15.0. The van der Waals surface area contributed by atoms with Crippen molar-refractivity contribution in [1.82, 2.24) is 10.2 Å². The van der Waals surface area contributed by atoms with Crippen molar-refractivity contribution in [3.8, 4) is 0 Å². The quantitative estimate of drug-likeness (QED) is 0.927. The third-order valence-electron chi connectivity index (χ3n) is 3.59. The number of nitrogens with one attached hydrogen (secondary N) is 1. The molecule has 1 fully saturated rings. The molecule has 2 amide bonds. The summed E-state index contributed by atoms with van der Waals surface area (Å²) in [7, 11) is 0. The Bertz CT molecular complexity index is 448. The van der Waals surface area contributed by atoms with E-state index in [-0.39, 0.29) is 11.8 Å². The molecule has 0 unspecified atom stereocenters. The van der Waals surface area contributed by atoms with Gasteiger partial charge in [0.05, 0.1) is 4.88 Å². The minimum Gasteiger partial charge on any atom is -0.351 e. The first-order chi connectivity index (χ1) is 9.56. The van der Waals surface area contributed by atoms with Crippen LogP contribution in [0, 0.1) is 11.8 Å². The molecule has 2 atom stereocenters. The van der Waals surface area contributed by atoms with Crippen LogP contribution < -0.4 is 5.32 Å². The van der Waals surface area contributed by atoms with Crippen LogP contribution in [0.2, 0.25) is 0 Å². The average Bonchev–Trinajstić information content (AvgIpc) is 2.91. The largest absolute Gasteiger partial charge is 0.351 e. The van der Waals surface area contributed by atoms with Gasteiger partial charge >= 0.3 is 0 Å². The molecule has 1 aromatic rings. The SMILES string of the molecule is C[C@H]1C[C@H](C)CN(C(=O)CCNC(=O)c2cccs2)C1. The molecular weight excluding hydrogens is 272 g/mol. The number of likely N-dealkylation sites (tertiary alicyclic amines) is 1. The molecule has 0 aliphatic carbocycles. The first-order valence-corrected chi connectivity index (χ1v) is 8.03. The van der Waals surface area contributed by atoms with Gasteiger partial charge in [0.1, 0.15) is 0 Å². The molecule has 20 heavy (non-hydrogen) atoms. The van der Waals surface area contributed by atoms with E-state index < -0.39 is 0 Å². The van der Waals surface area contributed by atoms with Crippen LogP contribution in [-0.2, 0) is 4.79 Å². The third kappa shape index (κ3) is 4.07. The molecule has 1 aliphatic rings. The molecule has 0 aromatic carbocycles. The minimum absolute atomic E-state index is 0.0896. The second-order valence-corrected chi connectivity index (χ2v) is 6.68. The van der Waals surface area contributed by atoms with Crippen LogP contribution in [0.25, 0.3) is 0 Å². The summed E-state index contributed by atoms with van der Waals surface area (Å²) in [6, 6.07) is 3.64. The number of amides is 2. The zero-order chi connectivity index (χ0) is 14.5. The van der Waals surface area contributed by atoms with Crippen LogP contribution in [-0.4, -0.2) is 36.3 Å². The average molecular weight is 294 g/mol. The van der Waals surface area contributed by atoms with E-state index in [0.717, 1.165) is 13.1 Å². The van der Waals surface area contributed by atoms with E-state index in [4.69, 9.17) is 0 Å². The highest BCUT2D eigenvalue weighted by atomic mass is 32.1. The number of nitrogens with zero attached hydrogens (tertiary/aromatic N) is 1. The van der Waals surface area contributed by atoms with Gasteiger partial charge in [-0.3, -0.25) is 9.59 Å². The molecule has 1 N–H and O–H groups in total. The molecule has 110 valence electrons. The van der Waals surface area contributed by atoms with Gasteiger partial charge in [-0.05, 0) is 29.7 Å². The fourth-order valence-corrected chi connectivity index (χ4v) is 3.44. The van der Waals surface area contributed by atoms with Gasteiger partial charge in [0, 0.05) is 26.1 Å². The summed E-state index contributed by atoms with van der Waals surface area (Å²) in [6.07, 6.45) is 1.58. The molecule has 0 spiro atoms. The number of thiophene rings is 1. The Morgan fingerprint density at radius 3 is 2.65 bits per heavy atom. The summed E-state index contributed by atoms with van der Waals surface area (Å²) in [5, 5.41) is 4.67. The summed E-state index contributed by atoms with van der Waals surface area (Å²) >= 11 is 1.41. The van der Waals surface area contributed by atoms with Crippen LogP contribution in [0.3, 0.4) is 0 Å². The summed E-state index contributed by atoms with van der Waals surface area (Å²) in [5.41, 5.74) is 0. The van der Waals surface area contributed by atoms with Crippen LogP contribution in [0.5, 0.6) is 0 Å². The molecule has 4 nitrogen and oxygen atoms in total. The number of carbonyl (C=O) groups excluding carboxylic acids is 2. The van der Waals surface area contributed by atoms with Gasteiger partial charge in [-0.25, -0.2) is 0 Å². The highest BCUT2D eigenvalue weighted by Gasteiger charge is 2.24. The second kappa shape index (κ2) is 6.88. The van der Waals surface area contributed by atoms with Gasteiger partial charge in [0.25, 0.3) is 5.91 Å². The Balaban J connectivity index is 1.73. The van der Waals surface area contributed by atoms with Crippen molar-refractivity contribution in [2.75, 3.05) is 19.6 Å². The van der Waals surface area contributed by atoms with E-state index in [2.05, 4.69) is 19.2 Å². The number of hydrogen-bond donors (Lipinski definition) is 1. The summed E-state index contributed by atoms with van der Waals surface area (Å²) < 4.78 is 0. The Morgan fingerprint density at radius 2 is 2.05 bits per heavy atom. The van der Waals surface area contributed by atoms with E-state index in [1.165, 1.54) is 17.8 Å². The van der Waals surface area contributed by atoms with Gasteiger partial charge in [-0.1, -0.05) is 19.9 Å². The first-order valence-electron chi connectivity index (χ1n) is 7.15. The fourth-order valence-electron chi connectivity index (χ4n) is 2.80. The van der Waals surface area contributed by atoms with Crippen molar-refractivity contribution in [3.63, 3.8) is 0 Å².